The Labute approximate surface area is 123 Å². The summed E-state index contributed by atoms with van der Waals surface area (Å²) in [5.74, 6) is -0.596. The van der Waals surface area contributed by atoms with Gasteiger partial charge in [0.1, 0.15) is 5.15 Å². The van der Waals surface area contributed by atoms with Gasteiger partial charge < -0.3 is 11.1 Å². The van der Waals surface area contributed by atoms with Gasteiger partial charge in [-0.2, -0.15) is 0 Å². The third kappa shape index (κ3) is 4.20. The number of pyridine rings is 1. The van der Waals surface area contributed by atoms with Gasteiger partial charge in [0.15, 0.2) is 0 Å². The molecule has 1 aromatic rings. The van der Waals surface area contributed by atoms with E-state index < -0.39 is 11.3 Å². The zero-order valence-corrected chi connectivity index (χ0v) is 12.9. The average Bonchev–Trinajstić information content (AvgIpc) is 2.35. The highest BCUT2D eigenvalue weighted by Crippen LogP contribution is 2.18. The van der Waals surface area contributed by atoms with E-state index in [9.17, 15) is 9.59 Å². The minimum Gasteiger partial charge on any atom is -0.369 e. The molecule has 0 aromatic carbocycles. The first-order chi connectivity index (χ1) is 9.13. The minimum absolute atomic E-state index is 0.165. The summed E-state index contributed by atoms with van der Waals surface area (Å²) in [6.45, 7) is 7.45. The molecule has 0 unspecified atom stereocenters. The zero-order chi connectivity index (χ0) is 15.5. The summed E-state index contributed by atoms with van der Waals surface area (Å²) in [5, 5.41) is 2.96. The molecule has 0 aliphatic carbocycles. The fourth-order valence-corrected chi connectivity index (χ4v) is 1.65. The summed E-state index contributed by atoms with van der Waals surface area (Å²) in [6, 6.07) is 3.20. The Morgan fingerprint density at radius 3 is 2.50 bits per heavy atom. The van der Waals surface area contributed by atoms with Gasteiger partial charge in [-0.3, -0.25) is 9.59 Å². The first kappa shape index (κ1) is 16.4. The van der Waals surface area contributed by atoms with E-state index in [-0.39, 0.29) is 23.5 Å². The van der Waals surface area contributed by atoms with Crippen LogP contribution in [0.4, 0.5) is 0 Å². The molecule has 110 valence electrons. The monoisotopic (exact) mass is 297 g/mol. The SMILES string of the molecule is CC(C)c1cc(C(=O)NCC(C)(C)C(N)=O)cc(Cl)n1. The molecule has 1 aromatic heterocycles. The van der Waals surface area contributed by atoms with Crippen LogP contribution in [0, 0.1) is 5.41 Å². The molecule has 0 radical (unpaired) electrons. The van der Waals surface area contributed by atoms with Crippen molar-refractivity contribution in [3.63, 3.8) is 0 Å². The first-order valence-electron chi connectivity index (χ1n) is 6.39. The summed E-state index contributed by atoms with van der Waals surface area (Å²) >= 11 is 5.91. The van der Waals surface area contributed by atoms with E-state index in [1.165, 1.54) is 6.07 Å². The van der Waals surface area contributed by atoms with Crippen LogP contribution in [0.3, 0.4) is 0 Å². The lowest BCUT2D eigenvalue weighted by atomic mass is 9.92. The van der Waals surface area contributed by atoms with Crippen LogP contribution in [0.15, 0.2) is 12.1 Å². The van der Waals surface area contributed by atoms with Gasteiger partial charge in [0.2, 0.25) is 5.91 Å². The molecule has 3 N–H and O–H groups in total. The molecule has 0 atom stereocenters. The summed E-state index contributed by atoms with van der Waals surface area (Å²) in [4.78, 5) is 27.5. The summed E-state index contributed by atoms with van der Waals surface area (Å²) in [7, 11) is 0. The van der Waals surface area contributed by atoms with Crippen LogP contribution in [0.25, 0.3) is 0 Å². The largest absolute Gasteiger partial charge is 0.369 e. The van der Waals surface area contributed by atoms with Gasteiger partial charge in [0, 0.05) is 17.8 Å². The lowest BCUT2D eigenvalue weighted by Crippen LogP contribution is -2.42. The second-order valence-corrected chi connectivity index (χ2v) is 6.08. The number of nitrogens with two attached hydrogens (primary N) is 1. The van der Waals surface area contributed by atoms with Crippen LogP contribution in [0.5, 0.6) is 0 Å². The van der Waals surface area contributed by atoms with E-state index in [1.54, 1.807) is 19.9 Å². The Kier molecular flexibility index (Phi) is 5.11. The summed E-state index contributed by atoms with van der Waals surface area (Å²) < 4.78 is 0. The molecule has 2 amide bonds. The number of nitrogens with one attached hydrogen (secondary N) is 1. The molecule has 0 bridgehead atoms. The van der Waals surface area contributed by atoms with Gasteiger partial charge in [-0.25, -0.2) is 4.98 Å². The zero-order valence-electron chi connectivity index (χ0n) is 12.2. The smallest absolute Gasteiger partial charge is 0.251 e. The highest BCUT2D eigenvalue weighted by molar-refractivity contribution is 6.29. The number of hydrogen-bond donors (Lipinski definition) is 2. The molecule has 1 rings (SSSR count). The molecular weight excluding hydrogens is 278 g/mol. The third-order valence-electron chi connectivity index (χ3n) is 3.03. The van der Waals surface area contributed by atoms with E-state index in [0.29, 0.717) is 5.56 Å². The summed E-state index contributed by atoms with van der Waals surface area (Å²) in [5.41, 5.74) is 5.64. The van der Waals surface area contributed by atoms with Gasteiger partial charge in [0.05, 0.1) is 5.41 Å². The van der Waals surface area contributed by atoms with Crippen molar-refractivity contribution in [1.29, 1.82) is 0 Å². The highest BCUT2D eigenvalue weighted by Gasteiger charge is 2.25. The molecule has 0 aliphatic rings. The topological polar surface area (TPSA) is 85.1 Å². The van der Waals surface area contributed by atoms with Crippen molar-refractivity contribution in [2.24, 2.45) is 11.1 Å². The standard InChI is InChI=1S/C14H20ClN3O2/c1-8(2)10-5-9(6-11(15)18-10)12(19)17-7-14(3,4)13(16)20/h5-6,8H,7H2,1-4H3,(H2,16,20)(H,17,19). The van der Waals surface area contributed by atoms with Gasteiger partial charge in [0.25, 0.3) is 5.91 Å². The van der Waals surface area contributed by atoms with Crippen LogP contribution in [-0.4, -0.2) is 23.3 Å². The second kappa shape index (κ2) is 6.22. The fourth-order valence-electron chi connectivity index (χ4n) is 1.43. The van der Waals surface area contributed by atoms with Crippen LogP contribution in [0.2, 0.25) is 5.15 Å². The predicted molar refractivity (Wildman–Crippen MR) is 78.6 cm³/mol. The molecule has 0 saturated carbocycles. The van der Waals surface area contributed by atoms with Crippen LogP contribution in [0.1, 0.15) is 49.7 Å². The van der Waals surface area contributed by atoms with Crippen LogP contribution >= 0.6 is 11.6 Å². The molecule has 0 aliphatic heterocycles. The molecule has 0 saturated heterocycles. The van der Waals surface area contributed by atoms with Gasteiger partial charge >= 0.3 is 0 Å². The van der Waals surface area contributed by atoms with Crippen molar-refractivity contribution in [2.45, 2.75) is 33.6 Å². The van der Waals surface area contributed by atoms with Crippen molar-refractivity contribution in [2.75, 3.05) is 6.54 Å². The Balaban J connectivity index is 2.86. The molecule has 6 heteroatoms. The maximum atomic E-state index is 12.1. The number of amides is 2. The molecular formula is C14H20ClN3O2. The number of hydrogen-bond acceptors (Lipinski definition) is 3. The van der Waals surface area contributed by atoms with Crippen molar-refractivity contribution in [3.8, 4) is 0 Å². The maximum Gasteiger partial charge on any atom is 0.251 e. The number of primary amides is 1. The second-order valence-electron chi connectivity index (χ2n) is 5.69. The van der Waals surface area contributed by atoms with E-state index in [4.69, 9.17) is 17.3 Å². The number of halogens is 1. The quantitative estimate of drug-likeness (QED) is 0.816. The van der Waals surface area contributed by atoms with E-state index in [2.05, 4.69) is 10.3 Å². The van der Waals surface area contributed by atoms with Crippen molar-refractivity contribution in [3.05, 3.63) is 28.5 Å². The third-order valence-corrected chi connectivity index (χ3v) is 3.22. The van der Waals surface area contributed by atoms with Gasteiger partial charge in [-0.15, -0.1) is 0 Å². The molecule has 20 heavy (non-hydrogen) atoms. The number of nitrogens with zero attached hydrogens (tertiary/aromatic N) is 1. The highest BCUT2D eigenvalue weighted by atomic mass is 35.5. The van der Waals surface area contributed by atoms with Crippen LogP contribution < -0.4 is 11.1 Å². The van der Waals surface area contributed by atoms with E-state index in [0.717, 1.165) is 5.69 Å². The number of carbonyl (C=O) groups excluding carboxylic acids is 2. The Bertz CT molecular complexity index is 527. The lowest BCUT2D eigenvalue weighted by molar-refractivity contribution is -0.125. The molecule has 0 fully saturated rings. The maximum absolute atomic E-state index is 12.1. The average molecular weight is 298 g/mol. The van der Waals surface area contributed by atoms with E-state index >= 15 is 0 Å². The number of carbonyl (C=O) groups is 2. The number of rotatable bonds is 5. The Hall–Kier alpha value is -1.62. The summed E-state index contributed by atoms with van der Waals surface area (Å²) in [6.07, 6.45) is 0. The van der Waals surface area contributed by atoms with Crippen molar-refractivity contribution >= 4 is 23.4 Å². The lowest BCUT2D eigenvalue weighted by Gasteiger charge is -2.20. The van der Waals surface area contributed by atoms with Gasteiger partial charge in [-0.1, -0.05) is 25.4 Å². The van der Waals surface area contributed by atoms with E-state index in [1.807, 2.05) is 13.8 Å². The predicted octanol–water partition coefficient (Wildman–Crippen LogP) is 2.10. The molecule has 1 heterocycles. The van der Waals surface area contributed by atoms with Gasteiger partial charge in [-0.05, 0) is 31.9 Å². The van der Waals surface area contributed by atoms with Crippen molar-refractivity contribution < 1.29 is 9.59 Å². The molecule has 5 nitrogen and oxygen atoms in total. The van der Waals surface area contributed by atoms with Crippen LogP contribution in [-0.2, 0) is 4.79 Å². The fraction of sp³-hybridized carbons (Fsp3) is 0.500. The Morgan fingerprint density at radius 1 is 1.40 bits per heavy atom. The minimum atomic E-state index is -0.798. The molecule has 0 spiro atoms. The van der Waals surface area contributed by atoms with Crippen molar-refractivity contribution in [1.82, 2.24) is 10.3 Å². The first-order valence-corrected chi connectivity index (χ1v) is 6.77. The number of aromatic nitrogens is 1. The normalized spacial score (nSPS) is 11.5. The Morgan fingerprint density at radius 2 is 2.00 bits per heavy atom.